The van der Waals surface area contributed by atoms with Gasteiger partial charge in [0.05, 0.1) is 6.54 Å². The molecule has 0 spiro atoms. The van der Waals surface area contributed by atoms with Crippen molar-refractivity contribution in [2.75, 3.05) is 5.32 Å². The van der Waals surface area contributed by atoms with Crippen molar-refractivity contribution in [3.05, 3.63) is 47.3 Å². The highest BCUT2D eigenvalue weighted by Gasteiger charge is 2.26. The lowest BCUT2D eigenvalue weighted by molar-refractivity contribution is 0.0673. The maximum atomic E-state index is 13.3. The number of anilines is 1. The Morgan fingerprint density at radius 3 is 2.00 bits per heavy atom. The van der Waals surface area contributed by atoms with Crippen LogP contribution in [0.15, 0.2) is 12.4 Å². The van der Waals surface area contributed by atoms with Crippen molar-refractivity contribution in [3.63, 3.8) is 0 Å². The van der Waals surface area contributed by atoms with Crippen molar-refractivity contribution in [1.82, 2.24) is 9.55 Å². The van der Waals surface area contributed by atoms with E-state index in [9.17, 15) is 30.7 Å². The van der Waals surface area contributed by atoms with Crippen molar-refractivity contribution in [3.8, 4) is 0 Å². The van der Waals surface area contributed by atoms with E-state index >= 15 is 0 Å². The summed E-state index contributed by atoms with van der Waals surface area (Å²) in [7, 11) is 0. The molecule has 0 bridgehead atoms. The molecule has 114 valence electrons. The minimum Gasteiger partial charge on any atom is -0.373 e. The summed E-state index contributed by atoms with van der Waals surface area (Å²) in [5.41, 5.74) is -1.31. The van der Waals surface area contributed by atoms with Gasteiger partial charge in [-0.3, -0.25) is 4.57 Å². The van der Waals surface area contributed by atoms with Gasteiger partial charge in [0.1, 0.15) is 11.5 Å². The van der Waals surface area contributed by atoms with Crippen LogP contribution in [0.1, 0.15) is 12.4 Å². The molecular formula is C11H6F7N3. The van der Waals surface area contributed by atoms with E-state index in [1.54, 1.807) is 0 Å². The minimum absolute atomic E-state index is 0.339. The zero-order valence-corrected chi connectivity index (χ0v) is 9.98. The van der Waals surface area contributed by atoms with Gasteiger partial charge >= 0.3 is 6.55 Å². The number of nitrogens with zero attached hydrogens (tertiary/aromatic N) is 2. The van der Waals surface area contributed by atoms with Crippen LogP contribution < -0.4 is 5.32 Å². The molecule has 0 saturated heterocycles. The highest BCUT2D eigenvalue weighted by atomic mass is 19.3. The fraction of sp³-hybridized carbons (Fsp3) is 0.182. The van der Waals surface area contributed by atoms with Crippen LogP contribution in [0.25, 0.3) is 0 Å². The Morgan fingerprint density at radius 1 is 0.952 bits per heavy atom. The maximum absolute atomic E-state index is 13.3. The zero-order chi connectivity index (χ0) is 15.7. The fourth-order valence-electron chi connectivity index (χ4n) is 1.59. The number of alkyl halides is 2. The summed E-state index contributed by atoms with van der Waals surface area (Å²) in [4.78, 5) is 3.49. The highest BCUT2D eigenvalue weighted by Crippen LogP contribution is 2.27. The van der Waals surface area contributed by atoms with Crippen LogP contribution in [0.5, 0.6) is 0 Å². The first kappa shape index (κ1) is 15.1. The summed E-state index contributed by atoms with van der Waals surface area (Å²) in [5.74, 6) is -11.1. The molecule has 0 saturated carbocycles. The predicted molar refractivity (Wildman–Crippen MR) is 57.0 cm³/mol. The number of halogens is 7. The number of benzene rings is 1. The van der Waals surface area contributed by atoms with E-state index < -0.39 is 47.9 Å². The second-order valence-electron chi connectivity index (χ2n) is 3.83. The van der Waals surface area contributed by atoms with E-state index in [1.807, 2.05) is 5.32 Å². The lowest BCUT2D eigenvalue weighted by atomic mass is 10.2. The van der Waals surface area contributed by atoms with Crippen molar-refractivity contribution in [2.45, 2.75) is 13.1 Å². The van der Waals surface area contributed by atoms with Crippen LogP contribution in [0, 0.1) is 29.1 Å². The summed E-state index contributed by atoms with van der Waals surface area (Å²) >= 11 is 0. The Kier molecular flexibility index (Phi) is 4.05. The first-order chi connectivity index (χ1) is 9.84. The number of imidazole rings is 1. The first-order valence-corrected chi connectivity index (χ1v) is 5.39. The molecule has 0 radical (unpaired) electrons. The van der Waals surface area contributed by atoms with Gasteiger partial charge in [-0.05, 0) is 0 Å². The molecule has 2 aromatic rings. The zero-order valence-electron chi connectivity index (χ0n) is 9.98. The van der Waals surface area contributed by atoms with Crippen LogP contribution in [0.3, 0.4) is 0 Å². The number of nitrogens with one attached hydrogen (secondary N) is 1. The van der Waals surface area contributed by atoms with E-state index in [4.69, 9.17) is 0 Å². The van der Waals surface area contributed by atoms with Gasteiger partial charge in [0.15, 0.2) is 23.3 Å². The summed E-state index contributed by atoms with van der Waals surface area (Å²) in [5, 5.41) is 1.87. The molecule has 1 N–H and O–H groups in total. The normalized spacial score (nSPS) is 11.2. The summed E-state index contributed by atoms with van der Waals surface area (Å²) < 4.78 is 90.7. The number of aromatic nitrogens is 2. The molecule has 0 unspecified atom stereocenters. The van der Waals surface area contributed by atoms with Gasteiger partial charge in [0, 0.05) is 12.4 Å². The topological polar surface area (TPSA) is 29.9 Å². The number of rotatable bonds is 4. The van der Waals surface area contributed by atoms with Gasteiger partial charge < -0.3 is 5.32 Å². The Labute approximate surface area is 113 Å². The predicted octanol–water partition coefficient (Wildman–Crippen LogP) is 3.59. The molecule has 0 amide bonds. The van der Waals surface area contributed by atoms with Gasteiger partial charge in [0.2, 0.25) is 5.82 Å². The highest BCUT2D eigenvalue weighted by molar-refractivity contribution is 5.47. The van der Waals surface area contributed by atoms with Crippen molar-refractivity contribution in [1.29, 1.82) is 0 Å². The lowest BCUT2D eigenvalue weighted by Gasteiger charge is -2.11. The Morgan fingerprint density at radius 2 is 1.48 bits per heavy atom. The van der Waals surface area contributed by atoms with E-state index in [2.05, 4.69) is 4.98 Å². The molecule has 1 heterocycles. The van der Waals surface area contributed by atoms with Crippen LogP contribution >= 0.6 is 0 Å². The molecule has 1 aromatic heterocycles. The summed E-state index contributed by atoms with van der Waals surface area (Å²) in [6.07, 6.45) is 1.90. The molecule has 0 aliphatic carbocycles. The first-order valence-electron chi connectivity index (χ1n) is 5.39. The monoisotopic (exact) mass is 313 g/mol. The van der Waals surface area contributed by atoms with Crippen molar-refractivity contribution >= 4 is 5.69 Å². The lowest BCUT2D eigenvalue weighted by Crippen LogP contribution is -2.13. The van der Waals surface area contributed by atoms with Crippen LogP contribution in [-0.2, 0) is 6.54 Å². The molecule has 3 nitrogen and oxygen atoms in total. The van der Waals surface area contributed by atoms with Crippen molar-refractivity contribution in [2.24, 2.45) is 0 Å². The van der Waals surface area contributed by atoms with E-state index in [0.29, 0.717) is 4.57 Å². The quantitative estimate of drug-likeness (QED) is 0.531. The minimum atomic E-state index is -2.96. The average molecular weight is 313 g/mol. The van der Waals surface area contributed by atoms with Crippen LogP contribution in [0.2, 0.25) is 0 Å². The number of hydrogen-bond donors (Lipinski definition) is 1. The average Bonchev–Trinajstić information content (AvgIpc) is 2.91. The smallest absolute Gasteiger partial charge is 0.319 e. The van der Waals surface area contributed by atoms with Crippen LogP contribution in [-0.4, -0.2) is 9.55 Å². The molecule has 0 aliphatic rings. The molecule has 0 aliphatic heterocycles. The SMILES string of the molecule is Fc1c(F)c(F)c(NCc2nccn2C(F)F)c(F)c1F. The van der Waals surface area contributed by atoms with Crippen molar-refractivity contribution < 1.29 is 30.7 Å². The van der Waals surface area contributed by atoms with E-state index in [1.165, 1.54) is 0 Å². The Bertz CT molecular complexity index is 639. The van der Waals surface area contributed by atoms with Gasteiger partial charge in [0.25, 0.3) is 0 Å². The standard InChI is InChI=1S/C11H6F7N3/c12-5-6(13)8(15)10(9(16)7(5)14)20-3-4-19-1-2-21(4)11(17)18/h1-2,11,20H,3H2. The largest absolute Gasteiger partial charge is 0.373 e. The molecule has 10 heteroatoms. The van der Waals surface area contributed by atoms with Gasteiger partial charge in [-0.15, -0.1) is 0 Å². The van der Waals surface area contributed by atoms with E-state index in [0.717, 1.165) is 12.4 Å². The van der Waals surface area contributed by atoms with Crippen LogP contribution in [0.4, 0.5) is 36.4 Å². The van der Waals surface area contributed by atoms with Gasteiger partial charge in [-0.2, -0.15) is 8.78 Å². The molecule has 21 heavy (non-hydrogen) atoms. The summed E-state index contributed by atoms with van der Waals surface area (Å²) in [6.45, 7) is -3.61. The number of hydrogen-bond acceptors (Lipinski definition) is 2. The molecule has 2 rings (SSSR count). The Hall–Kier alpha value is -2.26. The second kappa shape index (κ2) is 5.62. The Balaban J connectivity index is 2.31. The third-order valence-electron chi connectivity index (χ3n) is 2.59. The van der Waals surface area contributed by atoms with Gasteiger partial charge in [-0.25, -0.2) is 26.9 Å². The third-order valence-corrected chi connectivity index (χ3v) is 2.59. The third kappa shape index (κ3) is 2.65. The van der Waals surface area contributed by atoms with Gasteiger partial charge in [-0.1, -0.05) is 0 Å². The molecule has 1 aromatic carbocycles. The molecule has 0 atom stereocenters. The summed E-state index contributed by atoms with van der Waals surface area (Å²) in [6, 6.07) is 0. The van der Waals surface area contributed by atoms with E-state index in [-0.39, 0.29) is 5.82 Å². The second-order valence-corrected chi connectivity index (χ2v) is 3.83. The fourth-order valence-corrected chi connectivity index (χ4v) is 1.59. The molecule has 0 fully saturated rings. The molecular weight excluding hydrogens is 307 g/mol. The maximum Gasteiger partial charge on any atom is 0.319 e.